The smallest absolute Gasteiger partial charge is 0.261 e. The number of aryl methyl sites for hydroxylation is 1. The van der Waals surface area contributed by atoms with E-state index < -0.39 is 6.10 Å². The third kappa shape index (κ3) is 5.70. The first-order chi connectivity index (χ1) is 14.4. The van der Waals surface area contributed by atoms with Gasteiger partial charge in [-0.15, -0.1) is 0 Å². The van der Waals surface area contributed by atoms with E-state index in [-0.39, 0.29) is 17.9 Å². The lowest BCUT2D eigenvalue weighted by molar-refractivity contribution is -0.127. The van der Waals surface area contributed by atoms with Crippen LogP contribution in [-0.4, -0.2) is 17.9 Å². The number of amides is 2. The molecule has 0 bridgehead atoms. The lowest BCUT2D eigenvalue weighted by Crippen LogP contribution is -2.37. The Morgan fingerprint density at radius 2 is 1.60 bits per heavy atom. The second-order valence-corrected chi connectivity index (χ2v) is 7.25. The molecule has 0 saturated heterocycles. The third-order valence-electron chi connectivity index (χ3n) is 4.71. The van der Waals surface area contributed by atoms with E-state index in [2.05, 4.69) is 10.6 Å². The van der Waals surface area contributed by atoms with Crippen LogP contribution in [0.4, 0.5) is 5.69 Å². The minimum Gasteiger partial charge on any atom is -0.481 e. The topological polar surface area (TPSA) is 67.4 Å². The zero-order chi connectivity index (χ0) is 21.5. The molecule has 3 rings (SSSR count). The van der Waals surface area contributed by atoms with Crippen molar-refractivity contribution in [2.75, 3.05) is 5.32 Å². The van der Waals surface area contributed by atoms with E-state index in [1.54, 1.807) is 19.1 Å². The average molecular weight is 402 g/mol. The van der Waals surface area contributed by atoms with Crippen LogP contribution < -0.4 is 15.4 Å². The Bertz CT molecular complexity index is 1020. The van der Waals surface area contributed by atoms with Crippen LogP contribution in [0.25, 0.3) is 0 Å². The summed E-state index contributed by atoms with van der Waals surface area (Å²) in [6.07, 6.45) is -0.629. The maximum absolute atomic E-state index is 12.6. The zero-order valence-electron chi connectivity index (χ0n) is 17.4. The molecule has 0 aromatic heterocycles. The minimum absolute atomic E-state index is 0.176. The standard InChI is InChI=1S/C25H26N2O3/c1-17-9-7-14-23(15-17)30-19(3)24(28)26-18(2)21-12-8-13-22(16-21)27-25(29)20-10-5-4-6-11-20/h4-16,18-19H,1-3H3,(H,26,28)(H,27,29). The minimum atomic E-state index is -0.629. The van der Waals surface area contributed by atoms with E-state index in [0.29, 0.717) is 17.0 Å². The van der Waals surface area contributed by atoms with Crippen LogP contribution in [0.2, 0.25) is 0 Å². The van der Waals surface area contributed by atoms with Gasteiger partial charge in [-0.05, 0) is 68.3 Å². The molecule has 2 amide bonds. The van der Waals surface area contributed by atoms with Crippen LogP contribution in [0, 0.1) is 6.92 Å². The van der Waals surface area contributed by atoms with Crippen molar-refractivity contribution < 1.29 is 14.3 Å². The third-order valence-corrected chi connectivity index (χ3v) is 4.71. The highest BCUT2D eigenvalue weighted by molar-refractivity contribution is 6.04. The Labute approximate surface area is 177 Å². The van der Waals surface area contributed by atoms with Gasteiger partial charge >= 0.3 is 0 Å². The van der Waals surface area contributed by atoms with Crippen LogP contribution in [0.3, 0.4) is 0 Å². The van der Waals surface area contributed by atoms with Crippen LogP contribution in [0.5, 0.6) is 5.75 Å². The molecule has 0 aliphatic heterocycles. The summed E-state index contributed by atoms with van der Waals surface area (Å²) in [5, 5.41) is 5.86. The lowest BCUT2D eigenvalue weighted by Gasteiger charge is -2.20. The highest BCUT2D eigenvalue weighted by Crippen LogP contribution is 2.19. The van der Waals surface area contributed by atoms with Crippen molar-refractivity contribution in [3.63, 3.8) is 0 Å². The van der Waals surface area contributed by atoms with Gasteiger partial charge in [-0.2, -0.15) is 0 Å². The second kappa shape index (κ2) is 9.74. The van der Waals surface area contributed by atoms with Crippen LogP contribution in [0.15, 0.2) is 78.9 Å². The summed E-state index contributed by atoms with van der Waals surface area (Å²) in [7, 11) is 0. The number of anilines is 1. The Morgan fingerprint density at radius 3 is 2.33 bits per heavy atom. The van der Waals surface area contributed by atoms with Gasteiger partial charge in [0.2, 0.25) is 0 Å². The van der Waals surface area contributed by atoms with Crippen molar-refractivity contribution in [3.8, 4) is 5.75 Å². The fourth-order valence-corrected chi connectivity index (χ4v) is 3.04. The predicted octanol–water partition coefficient (Wildman–Crippen LogP) is 4.89. The van der Waals surface area contributed by atoms with Gasteiger partial charge < -0.3 is 15.4 Å². The monoisotopic (exact) mass is 402 g/mol. The van der Waals surface area contributed by atoms with Gasteiger partial charge in [-0.25, -0.2) is 0 Å². The Kier molecular flexibility index (Phi) is 6.86. The van der Waals surface area contributed by atoms with Crippen LogP contribution in [0.1, 0.15) is 41.4 Å². The molecule has 5 heteroatoms. The van der Waals surface area contributed by atoms with Gasteiger partial charge in [0.05, 0.1) is 6.04 Å². The molecule has 2 atom stereocenters. The van der Waals surface area contributed by atoms with Gasteiger partial charge in [-0.1, -0.05) is 42.5 Å². The number of benzene rings is 3. The predicted molar refractivity (Wildman–Crippen MR) is 119 cm³/mol. The maximum Gasteiger partial charge on any atom is 0.261 e. The molecule has 30 heavy (non-hydrogen) atoms. The van der Waals surface area contributed by atoms with Crippen LogP contribution in [-0.2, 0) is 4.79 Å². The summed E-state index contributed by atoms with van der Waals surface area (Å²) in [4.78, 5) is 24.9. The molecule has 154 valence electrons. The van der Waals surface area contributed by atoms with E-state index in [1.165, 1.54) is 0 Å². The molecule has 0 spiro atoms. The molecule has 2 N–H and O–H groups in total. The first-order valence-corrected chi connectivity index (χ1v) is 9.92. The molecule has 5 nitrogen and oxygen atoms in total. The van der Waals surface area contributed by atoms with Crippen molar-refractivity contribution >= 4 is 17.5 Å². The molecule has 0 fully saturated rings. The number of carbonyl (C=O) groups excluding carboxylic acids is 2. The van der Waals surface area contributed by atoms with Gasteiger partial charge in [0, 0.05) is 11.3 Å². The van der Waals surface area contributed by atoms with E-state index in [0.717, 1.165) is 11.1 Å². The van der Waals surface area contributed by atoms with Crippen molar-refractivity contribution in [1.29, 1.82) is 0 Å². The Balaban J connectivity index is 1.61. The summed E-state index contributed by atoms with van der Waals surface area (Å²) in [5.74, 6) is 0.281. The molecule has 0 aliphatic carbocycles. The molecular formula is C25H26N2O3. The fraction of sp³-hybridized carbons (Fsp3) is 0.200. The second-order valence-electron chi connectivity index (χ2n) is 7.25. The van der Waals surface area contributed by atoms with Gasteiger partial charge in [0.15, 0.2) is 6.10 Å². The largest absolute Gasteiger partial charge is 0.481 e. The zero-order valence-corrected chi connectivity index (χ0v) is 17.4. The van der Waals surface area contributed by atoms with Crippen LogP contribution >= 0.6 is 0 Å². The van der Waals surface area contributed by atoms with Gasteiger partial charge in [0.25, 0.3) is 11.8 Å². The van der Waals surface area contributed by atoms with E-state index in [9.17, 15) is 9.59 Å². The molecule has 0 heterocycles. The number of carbonyl (C=O) groups is 2. The number of hydrogen-bond acceptors (Lipinski definition) is 3. The van der Waals surface area contributed by atoms with Gasteiger partial charge in [-0.3, -0.25) is 9.59 Å². The molecule has 3 aromatic carbocycles. The van der Waals surface area contributed by atoms with Crippen molar-refractivity contribution in [3.05, 3.63) is 95.6 Å². The first-order valence-electron chi connectivity index (χ1n) is 9.92. The summed E-state index contributed by atoms with van der Waals surface area (Å²) >= 11 is 0. The highest BCUT2D eigenvalue weighted by atomic mass is 16.5. The molecule has 0 aliphatic rings. The van der Waals surface area contributed by atoms with E-state index >= 15 is 0 Å². The summed E-state index contributed by atoms with van der Waals surface area (Å²) in [6, 6.07) is 23.8. The lowest BCUT2D eigenvalue weighted by atomic mass is 10.1. The highest BCUT2D eigenvalue weighted by Gasteiger charge is 2.18. The molecule has 3 aromatic rings. The summed E-state index contributed by atoms with van der Waals surface area (Å²) in [6.45, 7) is 5.60. The van der Waals surface area contributed by atoms with Crippen molar-refractivity contribution in [2.24, 2.45) is 0 Å². The Morgan fingerprint density at radius 1 is 0.867 bits per heavy atom. The number of ether oxygens (including phenoxy) is 1. The summed E-state index contributed by atoms with van der Waals surface area (Å²) in [5.41, 5.74) is 3.22. The number of hydrogen-bond donors (Lipinski definition) is 2. The SMILES string of the molecule is Cc1cccc(OC(C)C(=O)NC(C)c2cccc(NC(=O)c3ccccc3)c2)c1. The normalized spacial score (nSPS) is 12.5. The van der Waals surface area contributed by atoms with E-state index in [1.807, 2.05) is 80.6 Å². The molecule has 2 unspecified atom stereocenters. The average Bonchev–Trinajstić information content (AvgIpc) is 2.74. The quantitative estimate of drug-likeness (QED) is 0.591. The maximum atomic E-state index is 12.6. The summed E-state index contributed by atoms with van der Waals surface area (Å²) < 4.78 is 5.75. The molecular weight excluding hydrogens is 376 g/mol. The first kappa shape index (κ1) is 21.1. The molecule has 0 saturated carbocycles. The Hall–Kier alpha value is -3.60. The van der Waals surface area contributed by atoms with Gasteiger partial charge in [0.1, 0.15) is 5.75 Å². The fourth-order valence-electron chi connectivity index (χ4n) is 3.04. The van der Waals surface area contributed by atoms with Crippen molar-refractivity contribution in [2.45, 2.75) is 32.9 Å². The number of nitrogens with one attached hydrogen (secondary N) is 2. The van der Waals surface area contributed by atoms with Crippen molar-refractivity contribution in [1.82, 2.24) is 5.32 Å². The van der Waals surface area contributed by atoms with E-state index in [4.69, 9.17) is 4.74 Å². The number of rotatable bonds is 7. The molecule has 0 radical (unpaired) electrons.